The summed E-state index contributed by atoms with van der Waals surface area (Å²) in [7, 11) is -8.38. The molecule has 50 heavy (non-hydrogen) atoms. The van der Waals surface area contributed by atoms with Crippen molar-refractivity contribution in [3.8, 4) is 28.7 Å². The van der Waals surface area contributed by atoms with E-state index in [4.69, 9.17) is 22.0 Å². The van der Waals surface area contributed by atoms with Crippen molar-refractivity contribution in [1.29, 1.82) is 0 Å². The third-order valence-corrected chi connectivity index (χ3v) is 11.5. The van der Waals surface area contributed by atoms with Gasteiger partial charge in [0.15, 0.2) is 0 Å². The number of carbonyl (C=O) groups is 1. The molecule has 10 nitrogen and oxygen atoms in total. The van der Waals surface area contributed by atoms with E-state index in [0.29, 0.717) is 6.42 Å². The van der Waals surface area contributed by atoms with Gasteiger partial charge in [-0.05, 0) is 124 Å². The van der Waals surface area contributed by atoms with Gasteiger partial charge in [0.2, 0.25) is 0 Å². The molecule has 0 bridgehead atoms. The van der Waals surface area contributed by atoms with Crippen LogP contribution in [-0.4, -0.2) is 33.2 Å². The van der Waals surface area contributed by atoms with E-state index >= 15 is 0 Å². The highest BCUT2D eigenvalue weighted by Gasteiger charge is 2.34. The van der Waals surface area contributed by atoms with Gasteiger partial charge >= 0.3 is 26.5 Å². The van der Waals surface area contributed by atoms with Gasteiger partial charge in [0.05, 0.1) is 5.56 Å². The first kappa shape index (κ1) is 38.3. The molecule has 0 saturated carbocycles. The predicted molar refractivity (Wildman–Crippen MR) is 192 cm³/mol. The number of hydrogen-bond acceptors (Lipinski definition) is 10. The van der Waals surface area contributed by atoms with Gasteiger partial charge in [0.25, 0.3) is 0 Å². The molecule has 0 fully saturated rings. The number of ether oxygens (including phenoxy) is 2. The van der Waals surface area contributed by atoms with Crippen LogP contribution in [-0.2, 0) is 25.9 Å². The van der Waals surface area contributed by atoms with Gasteiger partial charge in [-0.25, -0.2) is 4.79 Å². The van der Waals surface area contributed by atoms with E-state index in [-0.39, 0.29) is 39.6 Å². The Hall–Kier alpha value is -4.55. The Balaban J connectivity index is 1.33. The average Bonchev–Trinajstić information content (AvgIpc) is 3.05. The quantitative estimate of drug-likeness (QED) is 0.0669. The van der Waals surface area contributed by atoms with Gasteiger partial charge in [0, 0.05) is 5.41 Å². The lowest BCUT2D eigenvalue weighted by atomic mass is 9.78. The molecule has 4 rings (SSSR count). The number of carbonyl (C=O) groups excluding carboxylic acids is 1. The van der Waals surface area contributed by atoms with Gasteiger partial charge < -0.3 is 22.0 Å². The summed E-state index contributed by atoms with van der Waals surface area (Å²) in [5, 5.41) is 0. The molecule has 0 unspecified atom stereocenters. The third-order valence-electron chi connectivity index (χ3n) is 8.65. The fourth-order valence-electron chi connectivity index (χ4n) is 4.47. The summed E-state index contributed by atoms with van der Waals surface area (Å²) >= 11 is 0. The van der Waals surface area contributed by atoms with E-state index in [1.807, 2.05) is 38.1 Å². The van der Waals surface area contributed by atoms with Crippen LogP contribution in [0.2, 0.25) is 0 Å². The van der Waals surface area contributed by atoms with Crippen LogP contribution >= 0.6 is 0 Å². The van der Waals surface area contributed by atoms with E-state index in [1.54, 1.807) is 45.0 Å². The molecule has 0 aliphatic rings. The van der Waals surface area contributed by atoms with Crippen molar-refractivity contribution in [2.75, 3.05) is 0 Å². The zero-order chi connectivity index (χ0) is 37.0. The van der Waals surface area contributed by atoms with Crippen molar-refractivity contribution >= 4 is 26.5 Å². The zero-order valence-corrected chi connectivity index (χ0v) is 31.2. The molecule has 0 amide bonds. The number of benzene rings is 4. The summed E-state index contributed by atoms with van der Waals surface area (Å²) in [6.45, 7) is 15.2. The summed E-state index contributed by atoms with van der Waals surface area (Å²) in [5.74, 6) is 0.294. The fourth-order valence-corrected chi connectivity index (χ4v) is 6.14. The molecule has 0 heterocycles. The number of esters is 1. The van der Waals surface area contributed by atoms with Crippen LogP contribution < -0.4 is 22.0 Å². The third kappa shape index (κ3) is 9.57. The lowest BCUT2D eigenvalue weighted by Gasteiger charge is -2.28. The first-order valence-corrected chi connectivity index (χ1v) is 18.9. The topological polar surface area (TPSA) is 132 Å². The Kier molecular flexibility index (Phi) is 11.3. The molecule has 0 aliphatic carbocycles. The van der Waals surface area contributed by atoms with Crippen molar-refractivity contribution in [1.82, 2.24) is 0 Å². The van der Waals surface area contributed by atoms with Crippen LogP contribution in [0, 0.1) is 0 Å². The average molecular weight is 725 g/mol. The smallest absolute Gasteiger partial charge is 0.488 e. The molecule has 4 aromatic carbocycles. The Labute approximate surface area is 295 Å². The second-order valence-corrected chi connectivity index (χ2v) is 16.8. The van der Waals surface area contributed by atoms with Gasteiger partial charge in [0.1, 0.15) is 39.1 Å². The molecule has 0 saturated heterocycles. The first-order valence-electron chi connectivity index (χ1n) is 16.2. The normalized spacial score (nSPS) is 12.6. The molecule has 0 radical (unpaired) electrons. The standard InChI is InChI=1S/C38H44O10S2/c1-9-36(3,4)45-31-19-13-28(14-20-31)38(7,8)29-15-21-34(22-16-29)48-50(42,43)47-33-17-11-27(12-18-33)35(39)44-30-23-25-32(26-24-30)46-49(40,41)37(5,6)10-2/h11-26H,9-10H2,1-8H3. The number of hydrogen-bond donors (Lipinski definition) is 0. The molecular weight excluding hydrogens is 681 g/mol. The highest BCUT2D eigenvalue weighted by Crippen LogP contribution is 2.34. The molecule has 0 atom stereocenters. The van der Waals surface area contributed by atoms with Gasteiger partial charge in [-0.15, -0.1) is 8.42 Å². The zero-order valence-electron chi connectivity index (χ0n) is 29.6. The van der Waals surface area contributed by atoms with E-state index in [1.165, 1.54) is 48.5 Å². The van der Waals surface area contributed by atoms with Crippen molar-refractivity contribution in [2.45, 2.75) is 84.0 Å². The van der Waals surface area contributed by atoms with Crippen LogP contribution in [0.3, 0.4) is 0 Å². The summed E-state index contributed by atoms with van der Waals surface area (Å²) in [4.78, 5) is 12.7. The van der Waals surface area contributed by atoms with Crippen molar-refractivity contribution in [3.05, 3.63) is 114 Å². The first-order chi connectivity index (χ1) is 23.3. The minimum Gasteiger partial charge on any atom is -0.488 e. The lowest BCUT2D eigenvalue weighted by Crippen LogP contribution is -2.34. The van der Waals surface area contributed by atoms with Gasteiger partial charge in [-0.1, -0.05) is 52.0 Å². The molecule has 12 heteroatoms. The Morgan fingerprint density at radius 1 is 0.540 bits per heavy atom. The highest BCUT2D eigenvalue weighted by atomic mass is 32.3. The second kappa shape index (κ2) is 14.7. The maximum Gasteiger partial charge on any atom is 0.500 e. The van der Waals surface area contributed by atoms with Crippen LogP contribution in [0.25, 0.3) is 0 Å². The minimum absolute atomic E-state index is 0.0680. The predicted octanol–water partition coefficient (Wildman–Crippen LogP) is 8.40. The van der Waals surface area contributed by atoms with Crippen LogP contribution in [0.4, 0.5) is 0 Å². The van der Waals surface area contributed by atoms with Gasteiger partial charge in [-0.2, -0.15) is 8.42 Å². The monoisotopic (exact) mass is 724 g/mol. The maximum atomic E-state index is 12.7. The second-order valence-electron chi connectivity index (χ2n) is 13.5. The van der Waals surface area contributed by atoms with E-state index < -0.39 is 31.2 Å². The van der Waals surface area contributed by atoms with Crippen molar-refractivity contribution in [2.24, 2.45) is 0 Å². The lowest BCUT2D eigenvalue weighted by molar-refractivity contribution is 0.0734. The minimum atomic E-state index is -4.51. The Morgan fingerprint density at radius 2 is 0.940 bits per heavy atom. The summed E-state index contributed by atoms with van der Waals surface area (Å²) < 4.78 is 76.1. The highest BCUT2D eigenvalue weighted by molar-refractivity contribution is 7.88. The SMILES string of the molecule is CCC(C)(C)Oc1ccc(C(C)(C)c2ccc(OS(=O)(=O)Oc3ccc(C(=O)Oc4ccc(OS(=O)(=O)C(C)(C)CC)cc4)cc3)cc2)cc1. The van der Waals surface area contributed by atoms with E-state index in [0.717, 1.165) is 23.3 Å². The van der Waals surface area contributed by atoms with Crippen molar-refractivity contribution in [3.63, 3.8) is 0 Å². The van der Waals surface area contributed by atoms with Crippen molar-refractivity contribution < 1.29 is 43.7 Å². The summed E-state index contributed by atoms with van der Waals surface area (Å²) in [6.07, 6.45) is 1.25. The van der Waals surface area contributed by atoms with Gasteiger partial charge in [-0.3, -0.25) is 0 Å². The molecular formula is C38H44O10S2. The van der Waals surface area contributed by atoms with E-state index in [2.05, 4.69) is 20.8 Å². The largest absolute Gasteiger partial charge is 0.500 e. The Bertz CT molecular complexity index is 1980. The summed E-state index contributed by atoms with van der Waals surface area (Å²) in [5.41, 5.74) is 1.48. The van der Waals surface area contributed by atoms with Crippen LogP contribution in [0.1, 0.15) is 89.7 Å². The van der Waals surface area contributed by atoms with Crippen LogP contribution in [0.5, 0.6) is 28.7 Å². The van der Waals surface area contributed by atoms with Crippen LogP contribution in [0.15, 0.2) is 97.1 Å². The maximum absolute atomic E-state index is 12.7. The molecule has 0 spiro atoms. The summed E-state index contributed by atoms with van der Waals surface area (Å²) in [6, 6.07) is 25.5. The Morgan fingerprint density at radius 3 is 1.40 bits per heavy atom. The fraction of sp³-hybridized carbons (Fsp3) is 0.342. The molecule has 0 aromatic heterocycles. The van der Waals surface area contributed by atoms with E-state index in [9.17, 15) is 21.6 Å². The molecule has 268 valence electrons. The molecule has 4 aromatic rings. The molecule has 0 N–H and O–H groups in total. The number of rotatable bonds is 15. The molecule has 0 aliphatic heterocycles.